The van der Waals surface area contributed by atoms with Crippen molar-refractivity contribution in [2.75, 3.05) is 18.1 Å². The summed E-state index contributed by atoms with van der Waals surface area (Å²) in [6.45, 7) is 2.78. The monoisotopic (exact) mass is 529 g/mol. The van der Waals surface area contributed by atoms with E-state index in [9.17, 15) is 31.2 Å². The van der Waals surface area contributed by atoms with E-state index < -0.39 is 26.8 Å². The van der Waals surface area contributed by atoms with E-state index in [1.165, 1.54) is 37.0 Å². The smallest absolute Gasteiger partial charge is 0.490 e. The summed E-state index contributed by atoms with van der Waals surface area (Å²) >= 11 is 6.08. The molecular formula is C23H19ClF3NO6S. The lowest BCUT2D eigenvalue weighted by atomic mass is 9.72. The summed E-state index contributed by atoms with van der Waals surface area (Å²) in [7, 11) is -5.92. The number of hydrogen-bond acceptors (Lipinski definition) is 6. The zero-order valence-corrected chi connectivity index (χ0v) is 20.1. The molecule has 2 aliphatic rings. The summed E-state index contributed by atoms with van der Waals surface area (Å²) in [5, 5.41) is 0.145. The molecular weight excluding hydrogens is 511 g/mol. The Labute approximate surface area is 204 Å². The van der Waals surface area contributed by atoms with E-state index in [0.717, 1.165) is 0 Å². The highest BCUT2D eigenvalue weighted by Gasteiger charge is 2.50. The molecule has 0 bridgehead atoms. The van der Waals surface area contributed by atoms with Crippen LogP contribution in [0, 0.1) is 0 Å². The van der Waals surface area contributed by atoms with Gasteiger partial charge in [0.2, 0.25) is 5.91 Å². The second-order valence-corrected chi connectivity index (χ2v) is 10.3. The minimum absolute atomic E-state index is 0.00166. The molecule has 0 unspecified atom stereocenters. The van der Waals surface area contributed by atoms with Crippen LogP contribution in [0.25, 0.3) is 5.76 Å². The van der Waals surface area contributed by atoms with Crippen molar-refractivity contribution >= 4 is 44.9 Å². The van der Waals surface area contributed by atoms with Gasteiger partial charge in [-0.25, -0.2) is 0 Å². The van der Waals surface area contributed by atoms with Crippen molar-refractivity contribution in [2.45, 2.75) is 31.2 Å². The van der Waals surface area contributed by atoms with Crippen LogP contribution in [-0.2, 0) is 24.5 Å². The van der Waals surface area contributed by atoms with Gasteiger partial charge in [-0.3, -0.25) is 9.59 Å². The quantitative estimate of drug-likeness (QED) is 0.321. The van der Waals surface area contributed by atoms with Gasteiger partial charge in [0.15, 0.2) is 5.78 Å². The summed E-state index contributed by atoms with van der Waals surface area (Å²) in [5.41, 5.74) is -5.40. The second-order valence-electron chi connectivity index (χ2n) is 8.36. The Morgan fingerprint density at radius 2 is 1.86 bits per heavy atom. The fourth-order valence-corrected chi connectivity index (χ4v) is 4.88. The number of benzene rings is 2. The Morgan fingerprint density at radius 3 is 2.49 bits per heavy atom. The molecule has 0 radical (unpaired) electrons. The predicted molar refractivity (Wildman–Crippen MR) is 122 cm³/mol. The van der Waals surface area contributed by atoms with Crippen LogP contribution in [0.1, 0.15) is 41.8 Å². The number of carbonyl (C=O) groups is 2. The van der Waals surface area contributed by atoms with Gasteiger partial charge in [0.1, 0.15) is 18.1 Å². The third-order valence-electron chi connectivity index (χ3n) is 5.98. The fourth-order valence-electron chi connectivity index (χ4n) is 4.22. The molecule has 186 valence electrons. The number of anilines is 1. The number of ether oxygens (including phenoxy) is 1. The molecule has 0 N–H and O–H groups in total. The van der Waals surface area contributed by atoms with Crippen LogP contribution in [0.4, 0.5) is 18.9 Å². The van der Waals surface area contributed by atoms with Gasteiger partial charge in [0, 0.05) is 29.6 Å². The van der Waals surface area contributed by atoms with Crippen molar-refractivity contribution in [3.63, 3.8) is 0 Å². The third kappa shape index (κ3) is 4.50. The van der Waals surface area contributed by atoms with Crippen LogP contribution < -0.4 is 9.64 Å². The minimum atomic E-state index is -5.92. The highest BCUT2D eigenvalue weighted by molar-refractivity contribution is 7.87. The lowest BCUT2D eigenvalue weighted by Gasteiger charge is -2.38. The molecule has 2 aromatic carbocycles. The molecule has 0 saturated heterocycles. The van der Waals surface area contributed by atoms with E-state index in [0.29, 0.717) is 22.6 Å². The first kappa shape index (κ1) is 25.1. The molecule has 0 aromatic heterocycles. The summed E-state index contributed by atoms with van der Waals surface area (Å²) in [4.78, 5) is 26.0. The number of rotatable bonds is 3. The van der Waals surface area contributed by atoms with E-state index >= 15 is 0 Å². The molecule has 7 nitrogen and oxygen atoms in total. The van der Waals surface area contributed by atoms with Crippen molar-refractivity contribution in [3.8, 4) is 5.75 Å². The molecule has 1 amide bonds. The molecule has 0 fully saturated rings. The molecule has 1 spiro atoms. The van der Waals surface area contributed by atoms with Crippen LogP contribution >= 0.6 is 11.6 Å². The number of alkyl halides is 3. The maximum absolute atomic E-state index is 13.0. The van der Waals surface area contributed by atoms with Crippen LogP contribution in [0.2, 0.25) is 5.02 Å². The molecule has 35 heavy (non-hydrogen) atoms. The zero-order valence-electron chi connectivity index (χ0n) is 18.5. The van der Waals surface area contributed by atoms with Gasteiger partial charge in [-0.1, -0.05) is 17.7 Å². The summed E-state index contributed by atoms with van der Waals surface area (Å²) in [5.74, 6) is -0.717. The molecule has 1 heterocycles. The second kappa shape index (κ2) is 8.56. The SMILES string of the molecule is CC(=O)c1ccc2c(c1)N(C(C)=O)C[C@@]1(CC=C(OS(=O)(=O)C(F)(F)F)c3cc(Cl)ccc31)CO2. The van der Waals surface area contributed by atoms with Crippen molar-refractivity contribution in [2.24, 2.45) is 0 Å². The van der Waals surface area contributed by atoms with Gasteiger partial charge >= 0.3 is 15.6 Å². The molecule has 0 saturated carbocycles. The fraction of sp³-hybridized carbons (Fsp3) is 0.304. The average Bonchev–Trinajstić information content (AvgIpc) is 2.92. The topological polar surface area (TPSA) is 90.0 Å². The van der Waals surface area contributed by atoms with E-state index in [1.807, 2.05) is 0 Å². The summed E-state index contributed by atoms with van der Waals surface area (Å²) < 4.78 is 72.8. The molecule has 4 rings (SSSR count). The van der Waals surface area contributed by atoms with Gasteiger partial charge in [-0.15, -0.1) is 0 Å². The van der Waals surface area contributed by atoms with Gasteiger partial charge in [-0.05, 0) is 55.3 Å². The number of allylic oxidation sites excluding steroid dienone is 1. The first-order chi connectivity index (χ1) is 16.2. The number of halogens is 4. The largest absolute Gasteiger partial charge is 0.534 e. The number of amides is 1. The Bertz CT molecular complexity index is 1370. The highest BCUT2D eigenvalue weighted by atomic mass is 35.5. The third-order valence-corrected chi connectivity index (χ3v) is 7.18. The van der Waals surface area contributed by atoms with Gasteiger partial charge in [-0.2, -0.15) is 21.6 Å². The normalized spacial score (nSPS) is 19.7. The number of ketones is 1. The van der Waals surface area contributed by atoms with Crippen molar-refractivity contribution in [1.29, 1.82) is 0 Å². The van der Waals surface area contributed by atoms with E-state index in [2.05, 4.69) is 4.18 Å². The van der Waals surface area contributed by atoms with Gasteiger partial charge < -0.3 is 13.8 Å². The number of Topliss-reactive ketones (excluding diaryl/α,β-unsaturated/α-hetero) is 1. The van der Waals surface area contributed by atoms with E-state index in [-0.39, 0.29) is 41.8 Å². The minimum Gasteiger partial charge on any atom is -0.490 e. The van der Waals surface area contributed by atoms with Crippen LogP contribution in [-0.4, -0.2) is 38.8 Å². The first-order valence-electron chi connectivity index (χ1n) is 10.3. The molecule has 1 aliphatic heterocycles. The molecule has 12 heteroatoms. The van der Waals surface area contributed by atoms with Crippen molar-refractivity contribution in [1.82, 2.24) is 0 Å². The molecule has 1 atom stereocenters. The maximum Gasteiger partial charge on any atom is 0.534 e. The summed E-state index contributed by atoms with van der Waals surface area (Å²) in [6, 6.07) is 9.05. The number of fused-ring (bicyclic) bond motifs is 3. The summed E-state index contributed by atoms with van der Waals surface area (Å²) in [6.07, 6.45) is 1.22. The lowest BCUT2D eigenvalue weighted by molar-refractivity contribution is -0.116. The molecule has 2 aromatic rings. The van der Waals surface area contributed by atoms with Crippen LogP contribution in [0.15, 0.2) is 42.5 Å². The number of hydrogen-bond donors (Lipinski definition) is 0. The average molecular weight is 530 g/mol. The standard InChI is InChI=1S/C23H19ClF3NO6S/c1-13(29)15-3-6-21-19(9-15)28(14(2)30)11-22(12-33-21)8-7-20(34-35(31,32)23(25,26)27)17-10-16(24)4-5-18(17)22/h3-7,9-10H,8,11-12H2,1-2H3/t22-/m0/s1. The van der Waals surface area contributed by atoms with Crippen molar-refractivity contribution in [3.05, 3.63) is 64.2 Å². The highest BCUT2D eigenvalue weighted by Crippen LogP contribution is 2.46. The van der Waals surface area contributed by atoms with Crippen LogP contribution in [0.3, 0.4) is 0 Å². The van der Waals surface area contributed by atoms with Crippen molar-refractivity contribution < 1.29 is 40.1 Å². The van der Waals surface area contributed by atoms with E-state index in [1.54, 1.807) is 24.3 Å². The zero-order chi connectivity index (χ0) is 25.8. The van der Waals surface area contributed by atoms with E-state index in [4.69, 9.17) is 16.3 Å². The first-order valence-corrected chi connectivity index (χ1v) is 12.1. The Hall–Kier alpha value is -3.05. The van der Waals surface area contributed by atoms with Gasteiger partial charge in [0.05, 0.1) is 11.1 Å². The lowest BCUT2D eigenvalue weighted by Crippen LogP contribution is -2.46. The van der Waals surface area contributed by atoms with Crippen LogP contribution in [0.5, 0.6) is 5.75 Å². The molecule has 1 aliphatic carbocycles. The Morgan fingerprint density at radius 1 is 1.14 bits per heavy atom. The van der Waals surface area contributed by atoms with Gasteiger partial charge in [0.25, 0.3) is 0 Å². The predicted octanol–water partition coefficient (Wildman–Crippen LogP) is 4.84. The Kier molecular flexibility index (Phi) is 6.13. The number of carbonyl (C=O) groups excluding carboxylic acids is 2. The Balaban J connectivity index is 1.82. The number of nitrogens with zero attached hydrogens (tertiary/aromatic N) is 1. The maximum atomic E-state index is 13.0.